The van der Waals surface area contributed by atoms with Gasteiger partial charge in [-0.1, -0.05) is 19.8 Å². The molecule has 114 valence electrons. The Hall–Kier alpha value is -1.30. The van der Waals surface area contributed by atoms with Crippen LogP contribution in [-0.4, -0.2) is 52.3 Å². The Kier molecular flexibility index (Phi) is 4.52. The molecule has 20 heavy (non-hydrogen) atoms. The van der Waals surface area contributed by atoms with Gasteiger partial charge in [0.05, 0.1) is 6.10 Å². The maximum Gasteiger partial charge on any atom is 0.326 e. The Bertz CT molecular complexity index is 379. The number of β-amino-alcohol motifs (C(OH)–C–C–N with tert-alkyl or cyclic N) is 1. The number of carbonyl (C=O) groups is 2. The van der Waals surface area contributed by atoms with E-state index in [9.17, 15) is 14.7 Å². The molecule has 0 spiro atoms. The van der Waals surface area contributed by atoms with Gasteiger partial charge in [0, 0.05) is 19.5 Å². The van der Waals surface area contributed by atoms with Crippen LogP contribution in [0.15, 0.2) is 0 Å². The first-order valence-electron chi connectivity index (χ1n) is 7.43. The molecule has 1 saturated carbocycles. The normalized spacial score (nSPS) is 28.6. The standard InChI is InChI=1S/C14H24N2O4/c1-2-14(5-3-4-6-14)9-15-13(20)16-8-10(17)7-11(16)12(18)19/h10-11,17H,2-9H2,1H3,(H,15,20)(H,18,19)/t10?,11-/m0/s1. The van der Waals surface area contributed by atoms with Crippen molar-refractivity contribution in [3.63, 3.8) is 0 Å². The van der Waals surface area contributed by atoms with Gasteiger partial charge >= 0.3 is 12.0 Å². The lowest BCUT2D eigenvalue weighted by Gasteiger charge is -2.30. The first kappa shape index (κ1) is 15.1. The van der Waals surface area contributed by atoms with E-state index >= 15 is 0 Å². The fraction of sp³-hybridized carbons (Fsp3) is 0.857. The molecule has 0 aromatic rings. The number of likely N-dealkylation sites (tertiary alicyclic amines) is 1. The van der Waals surface area contributed by atoms with Crippen LogP contribution in [0.25, 0.3) is 0 Å². The van der Waals surface area contributed by atoms with E-state index in [0.29, 0.717) is 6.54 Å². The van der Waals surface area contributed by atoms with Gasteiger partial charge in [-0.15, -0.1) is 0 Å². The number of aliphatic hydroxyl groups is 1. The van der Waals surface area contributed by atoms with Gasteiger partial charge in [0.2, 0.25) is 0 Å². The number of hydrogen-bond acceptors (Lipinski definition) is 3. The predicted octanol–water partition coefficient (Wildman–Crippen LogP) is 1.19. The molecule has 1 aliphatic carbocycles. The summed E-state index contributed by atoms with van der Waals surface area (Å²) in [5, 5.41) is 21.5. The van der Waals surface area contributed by atoms with Crippen LogP contribution in [0.5, 0.6) is 0 Å². The first-order valence-corrected chi connectivity index (χ1v) is 7.43. The molecule has 3 N–H and O–H groups in total. The second-order valence-corrected chi connectivity index (χ2v) is 6.12. The van der Waals surface area contributed by atoms with Crippen molar-refractivity contribution in [2.24, 2.45) is 5.41 Å². The number of aliphatic carboxylic acids is 1. The highest BCUT2D eigenvalue weighted by atomic mass is 16.4. The maximum absolute atomic E-state index is 12.2. The summed E-state index contributed by atoms with van der Waals surface area (Å²) in [5.74, 6) is -1.05. The lowest BCUT2D eigenvalue weighted by molar-refractivity contribution is -0.141. The fourth-order valence-corrected chi connectivity index (χ4v) is 3.42. The number of nitrogens with zero attached hydrogens (tertiary/aromatic N) is 1. The number of amides is 2. The Morgan fingerprint density at radius 1 is 1.35 bits per heavy atom. The van der Waals surface area contributed by atoms with Crippen LogP contribution in [0.1, 0.15) is 45.4 Å². The van der Waals surface area contributed by atoms with Gasteiger partial charge in [0.1, 0.15) is 6.04 Å². The lowest BCUT2D eigenvalue weighted by Crippen LogP contribution is -2.48. The van der Waals surface area contributed by atoms with E-state index in [1.807, 2.05) is 0 Å². The van der Waals surface area contributed by atoms with Crippen LogP contribution >= 0.6 is 0 Å². The third kappa shape index (κ3) is 3.06. The van der Waals surface area contributed by atoms with Crippen LogP contribution < -0.4 is 5.32 Å². The summed E-state index contributed by atoms with van der Waals surface area (Å²) >= 11 is 0. The Morgan fingerprint density at radius 3 is 2.55 bits per heavy atom. The number of hydrogen-bond donors (Lipinski definition) is 3. The van der Waals surface area contributed by atoms with E-state index in [0.717, 1.165) is 19.3 Å². The SMILES string of the molecule is CCC1(CNC(=O)N2CC(O)C[C@H]2C(=O)O)CCCC1. The zero-order chi connectivity index (χ0) is 14.8. The molecule has 6 heteroatoms. The van der Waals surface area contributed by atoms with Crippen molar-refractivity contribution in [1.29, 1.82) is 0 Å². The van der Waals surface area contributed by atoms with Gasteiger partial charge in [-0.05, 0) is 24.7 Å². The van der Waals surface area contributed by atoms with Crippen molar-refractivity contribution in [3.8, 4) is 0 Å². The predicted molar refractivity (Wildman–Crippen MR) is 73.3 cm³/mol. The summed E-state index contributed by atoms with van der Waals surface area (Å²) in [5.41, 5.74) is 0.173. The molecule has 1 unspecified atom stereocenters. The van der Waals surface area contributed by atoms with E-state index in [-0.39, 0.29) is 24.4 Å². The number of urea groups is 1. The minimum Gasteiger partial charge on any atom is -0.480 e. The largest absolute Gasteiger partial charge is 0.480 e. The first-order chi connectivity index (χ1) is 9.47. The average molecular weight is 284 g/mol. The van der Waals surface area contributed by atoms with Gasteiger partial charge in [-0.25, -0.2) is 9.59 Å². The maximum atomic E-state index is 12.2. The summed E-state index contributed by atoms with van der Waals surface area (Å²) in [4.78, 5) is 24.5. The molecule has 1 saturated heterocycles. The molecule has 2 amide bonds. The van der Waals surface area contributed by atoms with Gasteiger partial charge in [-0.2, -0.15) is 0 Å². The minimum atomic E-state index is -1.05. The Balaban J connectivity index is 1.92. The fourth-order valence-electron chi connectivity index (χ4n) is 3.42. The van der Waals surface area contributed by atoms with E-state index in [4.69, 9.17) is 5.11 Å². The number of nitrogens with one attached hydrogen (secondary N) is 1. The molecule has 0 aromatic carbocycles. The van der Waals surface area contributed by atoms with Crippen LogP contribution in [0.2, 0.25) is 0 Å². The van der Waals surface area contributed by atoms with Crippen molar-refractivity contribution >= 4 is 12.0 Å². The van der Waals surface area contributed by atoms with E-state index in [2.05, 4.69) is 12.2 Å². The quantitative estimate of drug-likeness (QED) is 0.723. The molecule has 0 aromatic heterocycles. The smallest absolute Gasteiger partial charge is 0.326 e. The molecule has 1 aliphatic heterocycles. The zero-order valence-electron chi connectivity index (χ0n) is 12.0. The number of carboxylic acid groups (broad SMARTS) is 1. The summed E-state index contributed by atoms with van der Waals surface area (Å²) in [6.45, 7) is 2.83. The number of carboxylic acids is 1. The molecule has 1 heterocycles. The van der Waals surface area contributed by atoms with Gasteiger partial charge in [0.25, 0.3) is 0 Å². The molecular formula is C14H24N2O4. The highest BCUT2D eigenvalue weighted by Gasteiger charge is 2.40. The molecular weight excluding hydrogens is 260 g/mol. The second-order valence-electron chi connectivity index (χ2n) is 6.12. The van der Waals surface area contributed by atoms with Crippen molar-refractivity contribution < 1.29 is 19.8 Å². The molecule has 0 bridgehead atoms. The summed E-state index contributed by atoms with van der Waals surface area (Å²) < 4.78 is 0. The van der Waals surface area contributed by atoms with Gasteiger partial charge in [-0.3, -0.25) is 0 Å². The summed E-state index contributed by atoms with van der Waals surface area (Å²) in [6.07, 6.45) is 5.03. The van der Waals surface area contributed by atoms with Crippen LogP contribution in [0.3, 0.4) is 0 Å². The van der Waals surface area contributed by atoms with Crippen molar-refractivity contribution in [2.75, 3.05) is 13.1 Å². The van der Waals surface area contributed by atoms with E-state index < -0.39 is 18.1 Å². The van der Waals surface area contributed by atoms with Crippen LogP contribution in [0.4, 0.5) is 4.79 Å². The monoisotopic (exact) mass is 284 g/mol. The Labute approximate surface area is 119 Å². The lowest BCUT2D eigenvalue weighted by atomic mass is 9.83. The minimum absolute atomic E-state index is 0.0991. The zero-order valence-corrected chi connectivity index (χ0v) is 12.0. The molecule has 2 atom stereocenters. The van der Waals surface area contributed by atoms with E-state index in [1.54, 1.807) is 0 Å². The van der Waals surface area contributed by atoms with Gasteiger partial charge in [0.15, 0.2) is 0 Å². The van der Waals surface area contributed by atoms with Crippen LogP contribution in [0, 0.1) is 5.41 Å². The Morgan fingerprint density at radius 2 is 2.00 bits per heavy atom. The molecule has 2 rings (SSSR count). The molecule has 2 fully saturated rings. The van der Waals surface area contributed by atoms with E-state index in [1.165, 1.54) is 17.7 Å². The third-order valence-electron chi connectivity index (χ3n) is 4.85. The third-order valence-corrected chi connectivity index (χ3v) is 4.85. The topological polar surface area (TPSA) is 89.9 Å². The average Bonchev–Trinajstić information content (AvgIpc) is 3.03. The molecule has 6 nitrogen and oxygen atoms in total. The molecule has 2 aliphatic rings. The number of rotatable bonds is 4. The second kappa shape index (κ2) is 5.99. The highest BCUT2D eigenvalue weighted by Crippen LogP contribution is 2.40. The van der Waals surface area contributed by atoms with Crippen molar-refractivity contribution in [3.05, 3.63) is 0 Å². The van der Waals surface area contributed by atoms with Crippen LogP contribution in [-0.2, 0) is 4.79 Å². The van der Waals surface area contributed by atoms with Crippen molar-refractivity contribution in [1.82, 2.24) is 10.2 Å². The summed E-state index contributed by atoms with van der Waals surface area (Å²) in [6, 6.07) is -1.28. The summed E-state index contributed by atoms with van der Waals surface area (Å²) in [7, 11) is 0. The molecule has 0 radical (unpaired) electrons. The number of aliphatic hydroxyl groups excluding tert-OH is 1. The highest BCUT2D eigenvalue weighted by molar-refractivity contribution is 5.83. The van der Waals surface area contributed by atoms with Gasteiger partial charge < -0.3 is 20.4 Å². The number of carbonyl (C=O) groups excluding carboxylic acids is 1. The van der Waals surface area contributed by atoms with Crippen molar-refractivity contribution in [2.45, 2.75) is 57.6 Å².